The maximum Gasteiger partial charge on any atom is 0.238 e. The molecule has 0 spiro atoms. The molecule has 1 atom stereocenters. The molecule has 5 heteroatoms. The first kappa shape index (κ1) is 20.9. The second-order valence-electron chi connectivity index (χ2n) is 7.80. The molecule has 1 N–H and O–H groups in total. The molecule has 0 fully saturated rings. The Labute approximate surface area is 183 Å². The Morgan fingerprint density at radius 3 is 2.39 bits per heavy atom. The zero-order valence-electron chi connectivity index (χ0n) is 18.2. The summed E-state index contributed by atoms with van der Waals surface area (Å²) < 4.78 is 11.1. The van der Waals surface area contributed by atoms with E-state index in [2.05, 4.69) is 34.5 Å². The van der Waals surface area contributed by atoms with Gasteiger partial charge in [-0.3, -0.25) is 9.69 Å². The Bertz CT molecular complexity index is 1070. The van der Waals surface area contributed by atoms with Gasteiger partial charge in [-0.25, -0.2) is 0 Å². The lowest BCUT2D eigenvalue weighted by Gasteiger charge is -2.37. The molecule has 1 heterocycles. The number of rotatable bonds is 6. The molecule has 0 aliphatic carbocycles. The highest BCUT2D eigenvalue weighted by molar-refractivity contribution is 5.93. The summed E-state index contributed by atoms with van der Waals surface area (Å²) in [5, 5.41) is 3.07. The molecule has 3 aromatic carbocycles. The molecule has 0 saturated carbocycles. The number of nitrogens with one attached hydrogen (secondary N) is 1. The number of hydrogen-bond donors (Lipinski definition) is 1. The average Bonchev–Trinajstić information content (AvgIpc) is 2.80. The predicted octanol–water partition coefficient (Wildman–Crippen LogP) is 4.60. The first-order valence-electron chi connectivity index (χ1n) is 10.5. The molecule has 5 nitrogen and oxygen atoms in total. The number of anilines is 1. The summed E-state index contributed by atoms with van der Waals surface area (Å²) in [5.41, 5.74) is 5.43. The van der Waals surface area contributed by atoms with Crippen molar-refractivity contribution in [3.05, 3.63) is 89.0 Å². The van der Waals surface area contributed by atoms with Crippen LogP contribution in [0.4, 0.5) is 5.69 Å². The lowest BCUT2D eigenvalue weighted by Crippen LogP contribution is -2.41. The minimum absolute atomic E-state index is 0.0147. The molecular formula is C26H28N2O3. The van der Waals surface area contributed by atoms with Crippen molar-refractivity contribution in [2.24, 2.45) is 0 Å². The number of carbonyl (C=O) groups excluding carboxylic acids is 1. The number of methoxy groups -OCH3 is 2. The number of hydrogen-bond acceptors (Lipinski definition) is 4. The van der Waals surface area contributed by atoms with E-state index >= 15 is 0 Å². The number of fused-ring (bicyclic) bond motifs is 1. The number of benzene rings is 3. The van der Waals surface area contributed by atoms with Crippen LogP contribution >= 0.6 is 0 Å². The van der Waals surface area contributed by atoms with E-state index in [-0.39, 0.29) is 11.9 Å². The van der Waals surface area contributed by atoms with Crippen molar-refractivity contribution < 1.29 is 14.3 Å². The monoisotopic (exact) mass is 416 g/mol. The topological polar surface area (TPSA) is 50.8 Å². The smallest absolute Gasteiger partial charge is 0.238 e. The maximum atomic E-state index is 12.9. The molecule has 4 rings (SSSR count). The van der Waals surface area contributed by atoms with Crippen LogP contribution in [0.5, 0.6) is 11.5 Å². The molecule has 1 amide bonds. The van der Waals surface area contributed by atoms with Crippen molar-refractivity contribution in [3.8, 4) is 11.5 Å². The van der Waals surface area contributed by atoms with Crippen LogP contribution in [0.15, 0.2) is 66.7 Å². The van der Waals surface area contributed by atoms with Crippen LogP contribution < -0.4 is 14.8 Å². The molecule has 31 heavy (non-hydrogen) atoms. The standard InChI is InChI=1S/C26H28N2O3/c1-18-9-7-8-12-22(18)27-25(29)17-28-14-13-20-15-23(30-2)24(31-3)16-21(20)26(28)19-10-5-4-6-11-19/h4-12,15-16,26H,13-14,17H2,1-3H3,(H,27,29)/t26-/m1/s1. The van der Waals surface area contributed by atoms with Gasteiger partial charge in [-0.2, -0.15) is 0 Å². The first-order chi connectivity index (χ1) is 15.1. The van der Waals surface area contributed by atoms with Crippen molar-refractivity contribution in [2.75, 3.05) is 32.6 Å². The molecule has 1 aliphatic heterocycles. The van der Waals surface area contributed by atoms with Crippen molar-refractivity contribution >= 4 is 11.6 Å². The van der Waals surface area contributed by atoms with Gasteiger partial charge in [0.1, 0.15) is 0 Å². The van der Waals surface area contributed by atoms with E-state index < -0.39 is 0 Å². The lowest BCUT2D eigenvalue weighted by molar-refractivity contribution is -0.117. The highest BCUT2D eigenvalue weighted by Crippen LogP contribution is 2.40. The normalized spacial score (nSPS) is 15.8. The largest absolute Gasteiger partial charge is 0.493 e. The fourth-order valence-corrected chi connectivity index (χ4v) is 4.28. The minimum atomic E-state index is -0.0348. The van der Waals surface area contributed by atoms with Crippen molar-refractivity contribution in [2.45, 2.75) is 19.4 Å². The second kappa shape index (κ2) is 9.23. The van der Waals surface area contributed by atoms with E-state index in [1.54, 1.807) is 14.2 Å². The Hall–Kier alpha value is -3.31. The van der Waals surface area contributed by atoms with E-state index in [0.29, 0.717) is 12.3 Å². The van der Waals surface area contributed by atoms with E-state index in [4.69, 9.17) is 9.47 Å². The number of ether oxygens (including phenoxy) is 2. The molecular weight excluding hydrogens is 388 g/mol. The van der Waals surface area contributed by atoms with Crippen molar-refractivity contribution in [3.63, 3.8) is 0 Å². The quantitative estimate of drug-likeness (QED) is 0.638. The third-order valence-corrected chi connectivity index (χ3v) is 5.85. The summed E-state index contributed by atoms with van der Waals surface area (Å²) in [6.45, 7) is 3.09. The number of amides is 1. The van der Waals surface area contributed by atoms with Gasteiger partial charge in [0, 0.05) is 12.2 Å². The number of para-hydroxylation sites is 1. The summed E-state index contributed by atoms with van der Waals surface area (Å²) >= 11 is 0. The van der Waals surface area contributed by atoms with E-state index in [0.717, 1.165) is 41.1 Å². The summed E-state index contributed by atoms with van der Waals surface area (Å²) in [5.74, 6) is 1.42. The van der Waals surface area contributed by atoms with Gasteiger partial charge in [-0.15, -0.1) is 0 Å². The summed E-state index contributed by atoms with van der Waals surface area (Å²) in [6.07, 6.45) is 0.844. The minimum Gasteiger partial charge on any atom is -0.493 e. The molecule has 0 radical (unpaired) electrons. The van der Waals surface area contributed by atoms with Gasteiger partial charge in [0.2, 0.25) is 5.91 Å². The average molecular weight is 417 g/mol. The summed E-state index contributed by atoms with van der Waals surface area (Å²) in [4.78, 5) is 15.2. The van der Waals surface area contributed by atoms with Gasteiger partial charge >= 0.3 is 0 Å². The fraction of sp³-hybridized carbons (Fsp3) is 0.269. The molecule has 0 aromatic heterocycles. The maximum absolute atomic E-state index is 12.9. The Kier molecular flexibility index (Phi) is 6.23. The third-order valence-electron chi connectivity index (χ3n) is 5.85. The van der Waals surface area contributed by atoms with Gasteiger partial charge in [-0.1, -0.05) is 48.5 Å². The van der Waals surface area contributed by atoms with E-state index in [1.165, 1.54) is 5.56 Å². The number of nitrogens with zero attached hydrogens (tertiary/aromatic N) is 1. The molecule has 0 unspecified atom stereocenters. The summed E-state index contributed by atoms with van der Waals surface area (Å²) in [6, 6.07) is 22.2. The molecule has 0 saturated heterocycles. The zero-order valence-corrected chi connectivity index (χ0v) is 18.2. The second-order valence-corrected chi connectivity index (χ2v) is 7.80. The van der Waals surface area contributed by atoms with Gasteiger partial charge in [0.05, 0.1) is 26.8 Å². The van der Waals surface area contributed by atoms with Gasteiger partial charge in [0.15, 0.2) is 11.5 Å². The molecule has 0 bridgehead atoms. The number of aryl methyl sites for hydroxylation is 1. The molecule has 1 aliphatic rings. The van der Waals surface area contributed by atoms with Gasteiger partial charge in [-0.05, 0) is 53.8 Å². The van der Waals surface area contributed by atoms with E-state index in [9.17, 15) is 4.79 Å². The van der Waals surface area contributed by atoms with Crippen LogP contribution in [0.2, 0.25) is 0 Å². The number of carbonyl (C=O) groups is 1. The molecule has 160 valence electrons. The SMILES string of the molecule is COc1cc2c(cc1OC)[C@@H](c1ccccc1)N(CC(=O)Nc1ccccc1C)CC2. The fourth-order valence-electron chi connectivity index (χ4n) is 4.28. The third kappa shape index (κ3) is 4.42. The first-order valence-corrected chi connectivity index (χ1v) is 10.5. The Morgan fingerprint density at radius 1 is 1.00 bits per heavy atom. The van der Waals surface area contributed by atoms with Crippen LogP contribution in [0.1, 0.15) is 28.3 Å². The highest BCUT2D eigenvalue weighted by atomic mass is 16.5. The van der Waals surface area contributed by atoms with Crippen LogP contribution in [0.3, 0.4) is 0 Å². The van der Waals surface area contributed by atoms with Crippen LogP contribution in [0, 0.1) is 6.92 Å². The summed E-state index contributed by atoms with van der Waals surface area (Å²) in [7, 11) is 3.31. The van der Waals surface area contributed by atoms with Crippen molar-refractivity contribution in [1.82, 2.24) is 4.90 Å². The van der Waals surface area contributed by atoms with Crippen molar-refractivity contribution in [1.29, 1.82) is 0 Å². The van der Waals surface area contributed by atoms with Crippen LogP contribution in [-0.4, -0.2) is 38.1 Å². The highest BCUT2D eigenvalue weighted by Gasteiger charge is 2.31. The predicted molar refractivity (Wildman–Crippen MR) is 123 cm³/mol. The van der Waals surface area contributed by atoms with Crippen LogP contribution in [-0.2, 0) is 11.2 Å². The van der Waals surface area contributed by atoms with Gasteiger partial charge < -0.3 is 14.8 Å². The van der Waals surface area contributed by atoms with E-state index in [1.807, 2.05) is 49.4 Å². The Balaban J connectivity index is 1.66. The zero-order chi connectivity index (χ0) is 21.8. The van der Waals surface area contributed by atoms with Gasteiger partial charge in [0.25, 0.3) is 0 Å². The van der Waals surface area contributed by atoms with Crippen LogP contribution in [0.25, 0.3) is 0 Å². The Morgan fingerprint density at radius 2 is 1.68 bits per heavy atom. The molecule has 3 aromatic rings. The lowest BCUT2D eigenvalue weighted by atomic mass is 9.87.